The number of likely N-dealkylation sites (N-methyl/N-ethyl adjacent to an activating group) is 1. The summed E-state index contributed by atoms with van der Waals surface area (Å²) in [6.07, 6.45) is 4.01. The molecule has 1 aromatic rings. The van der Waals surface area contributed by atoms with Gasteiger partial charge >= 0.3 is 12.1 Å². The predicted octanol–water partition coefficient (Wildman–Crippen LogP) is 2.79. The molecule has 1 aliphatic carbocycles. The normalized spacial score (nSPS) is 16.8. The minimum atomic E-state index is -1.03. The summed E-state index contributed by atoms with van der Waals surface area (Å²) in [5.74, 6) is -1.59. The Bertz CT molecular complexity index is 643. The molecule has 1 aliphatic rings. The van der Waals surface area contributed by atoms with Gasteiger partial charge in [0.2, 0.25) is 5.91 Å². The molecule has 0 heterocycles. The molecule has 148 valence electrons. The Kier molecular flexibility index (Phi) is 7.64. The van der Waals surface area contributed by atoms with E-state index >= 15 is 0 Å². The van der Waals surface area contributed by atoms with Crippen LogP contribution in [0.3, 0.4) is 0 Å². The fraction of sp³-hybridized carbons (Fsp3) is 0.550. The molecule has 7 heteroatoms. The monoisotopic (exact) mass is 376 g/mol. The number of carboxylic acid groups (broad SMARTS) is 1. The van der Waals surface area contributed by atoms with Crippen LogP contribution >= 0.6 is 0 Å². The number of carbonyl (C=O) groups is 3. The summed E-state index contributed by atoms with van der Waals surface area (Å²) in [6.45, 7) is 1.66. The van der Waals surface area contributed by atoms with Crippen LogP contribution in [0.2, 0.25) is 0 Å². The van der Waals surface area contributed by atoms with Gasteiger partial charge in [0.25, 0.3) is 0 Å². The Morgan fingerprint density at radius 3 is 2.41 bits per heavy atom. The lowest BCUT2D eigenvalue weighted by atomic mass is 9.84. The second kappa shape index (κ2) is 9.94. The molecule has 2 unspecified atom stereocenters. The van der Waals surface area contributed by atoms with Gasteiger partial charge in [0.05, 0.1) is 0 Å². The van der Waals surface area contributed by atoms with Crippen LogP contribution in [0.15, 0.2) is 30.3 Å². The molecular formula is C20H28N2O5. The Morgan fingerprint density at radius 2 is 1.81 bits per heavy atom. The second-order valence-corrected chi connectivity index (χ2v) is 7.05. The molecule has 0 bridgehead atoms. The SMILES string of the molecule is CC(C(=O)NC(C(=O)O)C1CCCCC1)N(C)C(=O)OCc1ccccc1. The molecule has 1 aromatic carbocycles. The maximum atomic E-state index is 12.5. The predicted molar refractivity (Wildman–Crippen MR) is 100.0 cm³/mol. The minimum absolute atomic E-state index is 0.0669. The zero-order chi connectivity index (χ0) is 19.8. The molecule has 2 atom stereocenters. The largest absolute Gasteiger partial charge is 0.480 e. The Labute approximate surface area is 159 Å². The van der Waals surface area contributed by atoms with Crippen molar-refractivity contribution in [3.63, 3.8) is 0 Å². The van der Waals surface area contributed by atoms with Gasteiger partial charge in [-0.1, -0.05) is 49.6 Å². The fourth-order valence-corrected chi connectivity index (χ4v) is 3.28. The molecule has 0 radical (unpaired) electrons. The van der Waals surface area contributed by atoms with Gasteiger partial charge in [-0.2, -0.15) is 0 Å². The first-order valence-electron chi connectivity index (χ1n) is 9.37. The van der Waals surface area contributed by atoms with Crippen LogP contribution in [0.25, 0.3) is 0 Å². The van der Waals surface area contributed by atoms with Crippen molar-refractivity contribution in [1.82, 2.24) is 10.2 Å². The molecule has 1 saturated carbocycles. The van der Waals surface area contributed by atoms with Gasteiger partial charge in [0.1, 0.15) is 18.7 Å². The lowest BCUT2D eigenvalue weighted by Gasteiger charge is -2.30. The quantitative estimate of drug-likeness (QED) is 0.763. The van der Waals surface area contributed by atoms with Crippen LogP contribution in [0, 0.1) is 5.92 Å². The van der Waals surface area contributed by atoms with Crippen molar-refractivity contribution in [1.29, 1.82) is 0 Å². The van der Waals surface area contributed by atoms with E-state index in [1.165, 1.54) is 11.9 Å². The molecule has 0 aromatic heterocycles. The van der Waals surface area contributed by atoms with Crippen molar-refractivity contribution in [2.45, 2.75) is 57.7 Å². The number of hydrogen-bond donors (Lipinski definition) is 2. The van der Waals surface area contributed by atoms with Gasteiger partial charge in [-0.3, -0.25) is 9.69 Å². The van der Waals surface area contributed by atoms with Crippen molar-refractivity contribution in [2.75, 3.05) is 7.05 Å². The number of carboxylic acids is 1. The summed E-state index contributed by atoms with van der Waals surface area (Å²) in [7, 11) is 1.47. The van der Waals surface area contributed by atoms with E-state index in [9.17, 15) is 19.5 Å². The van der Waals surface area contributed by atoms with E-state index in [0.29, 0.717) is 0 Å². The summed E-state index contributed by atoms with van der Waals surface area (Å²) in [5.41, 5.74) is 0.847. The topological polar surface area (TPSA) is 95.9 Å². The van der Waals surface area contributed by atoms with Crippen LogP contribution in [0.5, 0.6) is 0 Å². The van der Waals surface area contributed by atoms with Crippen molar-refractivity contribution >= 4 is 18.0 Å². The second-order valence-electron chi connectivity index (χ2n) is 7.05. The third-order valence-electron chi connectivity index (χ3n) is 5.14. The highest BCUT2D eigenvalue weighted by atomic mass is 16.6. The van der Waals surface area contributed by atoms with Crippen molar-refractivity contribution in [2.24, 2.45) is 5.92 Å². The molecule has 0 aliphatic heterocycles. The highest BCUT2D eigenvalue weighted by Gasteiger charge is 2.33. The van der Waals surface area contributed by atoms with Gasteiger partial charge in [-0.05, 0) is 31.2 Å². The maximum Gasteiger partial charge on any atom is 0.410 e. The number of nitrogens with zero attached hydrogens (tertiary/aromatic N) is 1. The third-order valence-corrected chi connectivity index (χ3v) is 5.14. The van der Waals surface area contributed by atoms with Crippen LogP contribution in [-0.2, 0) is 20.9 Å². The summed E-state index contributed by atoms with van der Waals surface area (Å²) < 4.78 is 5.22. The zero-order valence-electron chi connectivity index (χ0n) is 15.9. The van der Waals surface area contributed by atoms with Crippen LogP contribution in [-0.4, -0.2) is 47.1 Å². The average Bonchev–Trinajstić information content (AvgIpc) is 2.70. The van der Waals surface area contributed by atoms with E-state index in [2.05, 4.69) is 5.32 Å². The summed E-state index contributed by atoms with van der Waals surface area (Å²) in [5, 5.41) is 12.1. The van der Waals surface area contributed by atoms with Crippen molar-refractivity contribution in [3.8, 4) is 0 Å². The molecule has 0 saturated heterocycles. The molecule has 2 rings (SSSR count). The molecule has 1 fully saturated rings. The first kappa shape index (κ1) is 20.7. The Morgan fingerprint density at radius 1 is 1.19 bits per heavy atom. The van der Waals surface area contributed by atoms with Gasteiger partial charge in [0, 0.05) is 7.05 Å². The lowest BCUT2D eigenvalue weighted by molar-refractivity contribution is -0.144. The van der Waals surface area contributed by atoms with E-state index < -0.39 is 30.1 Å². The van der Waals surface area contributed by atoms with Crippen molar-refractivity contribution < 1.29 is 24.2 Å². The van der Waals surface area contributed by atoms with E-state index in [1.807, 2.05) is 30.3 Å². The average molecular weight is 376 g/mol. The van der Waals surface area contributed by atoms with Crippen molar-refractivity contribution in [3.05, 3.63) is 35.9 Å². The highest BCUT2D eigenvalue weighted by Crippen LogP contribution is 2.26. The molecule has 0 spiro atoms. The number of aliphatic carboxylic acids is 1. The zero-order valence-corrected chi connectivity index (χ0v) is 15.9. The molecule has 2 N–H and O–H groups in total. The van der Waals surface area contributed by atoms with E-state index in [-0.39, 0.29) is 12.5 Å². The van der Waals surface area contributed by atoms with Crippen LogP contribution < -0.4 is 5.32 Å². The lowest BCUT2D eigenvalue weighted by Crippen LogP contribution is -2.53. The summed E-state index contributed by atoms with van der Waals surface area (Å²) in [6, 6.07) is 7.48. The first-order valence-corrected chi connectivity index (χ1v) is 9.37. The standard InChI is InChI=1S/C20H28N2O5/c1-14(22(2)20(26)27-13-15-9-5-3-6-10-15)18(23)21-17(19(24)25)16-11-7-4-8-12-16/h3,5-6,9-10,14,16-17H,4,7-8,11-13H2,1-2H3,(H,21,23)(H,24,25). The highest BCUT2D eigenvalue weighted by molar-refractivity contribution is 5.89. The molecule has 27 heavy (non-hydrogen) atoms. The molecular weight excluding hydrogens is 348 g/mol. The third kappa shape index (κ3) is 5.98. The number of amides is 2. The number of rotatable bonds is 7. The summed E-state index contributed by atoms with van der Waals surface area (Å²) in [4.78, 5) is 37.5. The first-order chi connectivity index (χ1) is 12.9. The number of ether oxygens (including phenoxy) is 1. The fourth-order valence-electron chi connectivity index (χ4n) is 3.28. The molecule has 7 nitrogen and oxygen atoms in total. The number of benzene rings is 1. The van der Waals surface area contributed by atoms with Gasteiger partial charge < -0.3 is 15.2 Å². The van der Waals surface area contributed by atoms with E-state index in [0.717, 1.165) is 37.7 Å². The number of carbonyl (C=O) groups excluding carboxylic acids is 2. The molecule has 2 amide bonds. The summed E-state index contributed by atoms with van der Waals surface area (Å²) >= 11 is 0. The Balaban J connectivity index is 1.89. The van der Waals surface area contributed by atoms with Gasteiger partial charge in [-0.25, -0.2) is 9.59 Å². The van der Waals surface area contributed by atoms with E-state index in [1.54, 1.807) is 6.92 Å². The van der Waals surface area contributed by atoms with Crippen LogP contribution in [0.1, 0.15) is 44.6 Å². The van der Waals surface area contributed by atoms with Crippen LogP contribution in [0.4, 0.5) is 4.79 Å². The maximum absolute atomic E-state index is 12.5. The smallest absolute Gasteiger partial charge is 0.410 e. The minimum Gasteiger partial charge on any atom is -0.480 e. The van der Waals surface area contributed by atoms with E-state index in [4.69, 9.17) is 4.74 Å². The number of hydrogen-bond acceptors (Lipinski definition) is 4. The Hall–Kier alpha value is -2.57. The van der Waals surface area contributed by atoms with Gasteiger partial charge in [0.15, 0.2) is 0 Å². The van der Waals surface area contributed by atoms with Gasteiger partial charge in [-0.15, -0.1) is 0 Å². The number of nitrogens with one attached hydrogen (secondary N) is 1.